The number of likely N-dealkylation sites (N-methyl/N-ethyl adjacent to an activating group) is 1. The van der Waals surface area contributed by atoms with Gasteiger partial charge in [0.25, 0.3) is 0 Å². The second-order valence-electron chi connectivity index (χ2n) is 6.87. The molecular weight excluding hydrogens is 428 g/mol. The van der Waals surface area contributed by atoms with Gasteiger partial charge in [-0.1, -0.05) is 30.3 Å². The van der Waals surface area contributed by atoms with E-state index in [4.69, 9.17) is 8.83 Å². The lowest BCUT2D eigenvalue weighted by Crippen LogP contribution is -2.23. The van der Waals surface area contributed by atoms with E-state index in [1.54, 1.807) is 12.3 Å². The van der Waals surface area contributed by atoms with Crippen LogP contribution >= 0.6 is 0 Å². The zero-order chi connectivity index (χ0) is 24.1. The maximum absolute atomic E-state index is 11.0. The van der Waals surface area contributed by atoms with Gasteiger partial charge in [-0.3, -0.25) is 10.1 Å². The van der Waals surface area contributed by atoms with Gasteiger partial charge in [-0.05, 0) is 44.2 Å². The van der Waals surface area contributed by atoms with Crippen molar-refractivity contribution in [3.05, 3.63) is 95.0 Å². The SMILES string of the molecule is CN[C@@H](C)Cc1ccccc1.O=C1OCCN1/N=C/c1ccc([N+](=O)[O-])o1.[CH2]c1ccco1. The minimum absolute atomic E-state index is 0.200. The lowest BCUT2D eigenvalue weighted by molar-refractivity contribution is -0.402. The Labute approximate surface area is 192 Å². The number of ether oxygens (including phenoxy) is 1. The fourth-order valence-electron chi connectivity index (χ4n) is 2.51. The molecule has 10 nitrogen and oxygen atoms in total. The first kappa shape index (κ1) is 25.3. The van der Waals surface area contributed by atoms with Gasteiger partial charge in [0.05, 0.1) is 25.1 Å². The summed E-state index contributed by atoms with van der Waals surface area (Å²) in [6.07, 6.45) is 3.39. The number of hydrogen-bond donors (Lipinski definition) is 1. The second kappa shape index (κ2) is 13.5. The molecule has 1 aromatic carbocycles. The normalized spacial score (nSPS) is 13.5. The van der Waals surface area contributed by atoms with Crippen molar-refractivity contribution < 1.29 is 23.3 Å². The number of nitro groups is 1. The second-order valence-corrected chi connectivity index (χ2v) is 6.87. The maximum atomic E-state index is 11.0. The third-order valence-electron chi connectivity index (χ3n) is 4.31. The Morgan fingerprint density at radius 1 is 1.24 bits per heavy atom. The third kappa shape index (κ3) is 9.40. The monoisotopic (exact) mass is 455 g/mol. The molecule has 0 unspecified atom stereocenters. The largest absolute Gasteiger partial charge is 0.469 e. The summed E-state index contributed by atoms with van der Waals surface area (Å²) in [7, 11) is 1.99. The summed E-state index contributed by atoms with van der Waals surface area (Å²) >= 11 is 0. The van der Waals surface area contributed by atoms with Gasteiger partial charge in [0, 0.05) is 13.0 Å². The molecule has 1 aliphatic heterocycles. The lowest BCUT2D eigenvalue weighted by Gasteiger charge is -2.08. The van der Waals surface area contributed by atoms with Crippen molar-refractivity contribution in [2.45, 2.75) is 19.4 Å². The Morgan fingerprint density at radius 2 is 2.00 bits per heavy atom. The summed E-state index contributed by atoms with van der Waals surface area (Å²) in [6, 6.07) is 17.3. The van der Waals surface area contributed by atoms with Gasteiger partial charge in [-0.25, -0.2) is 4.79 Å². The van der Waals surface area contributed by atoms with E-state index in [2.05, 4.69) is 53.3 Å². The molecule has 1 fully saturated rings. The van der Waals surface area contributed by atoms with Crippen LogP contribution in [0.5, 0.6) is 0 Å². The first-order chi connectivity index (χ1) is 15.9. The number of carbonyl (C=O) groups is 1. The van der Waals surface area contributed by atoms with Crippen LogP contribution in [-0.2, 0) is 11.2 Å². The molecule has 0 aliphatic carbocycles. The molecule has 4 rings (SSSR count). The molecular formula is C23H27N4O6. The topological polar surface area (TPSA) is 123 Å². The fraction of sp³-hybridized carbons (Fsp3) is 0.261. The molecule has 33 heavy (non-hydrogen) atoms. The summed E-state index contributed by atoms with van der Waals surface area (Å²) in [5.41, 5.74) is 1.40. The highest BCUT2D eigenvalue weighted by atomic mass is 16.6. The Morgan fingerprint density at radius 3 is 2.48 bits per heavy atom. The molecule has 1 atom stereocenters. The first-order valence-electron chi connectivity index (χ1n) is 10.2. The van der Waals surface area contributed by atoms with Crippen LogP contribution in [0.2, 0.25) is 0 Å². The van der Waals surface area contributed by atoms with Crippen molar-refractivity contribution >= 4 is 18.2 Å². The molecule has 1 saturated heterocycles. The van der Waals surface area contributed by atoms with Crippen LogP contribution in [0.1, 0.15) is 24.0 Å². The van der Waals surface area contributed by atoms with E-state index in [9.17, 15) is 14.9 Å². The number of cyclic esters (lactones) is 1. The molecule has 1 radical (unpaired) electrons. The van der Waals surface area contributed by atoms with E-state index in [1.165, 1.54) is 23.9 Å². The van der Waals surface area contributed by atoms with Crippen molar-refractivity contribution in [3.8, 4) is 0 Å². The van der Waals surface area contributed by atoms with E-state index in [0.717, 1.165) is 17.2 Å². The van der Waals surface area contributed by atoms with Gasteiger partial charge in [-0.15, -0.1) is 0 Å². The predicted molar refractivity (Wildman–Crippen MR) is 123 cm³/mol. The summed E-state index contributed by atoms with van der Waals surface area (Å²) in [4.78, 5) is 20.6. The van der Waals surface area contributed by atoms with Crippen molar-refractivity contribution in [2.24, 2.45) is 5.10 Å². The number of amides is 1. The molecule has 10 heteroatoms. The van der Waals surface area contributed by atoms with Crippen LogP contribution in [0.3, 0.4) is 0 Å². The molecule has 1 N–H and O–H groups in total. The number of hydrazone groups is 1. The highest BCUT2D eigenvalue weighted by Crippen LogP contribution is 2.14. The highest BCUT2D eigenvalue weighted by molar-refractivity contribution is 5.78. The summed E-state index contributed by atoms with van der Waals surface area (Å²) < 4.78 is 14.2. The van der Waals surface area contributed by atoms with Gasteiger partial charge in [-0.2, -0.15) is 10.1 Å². The van der Waals surface area contributed by atoms with Crippen LogP contribution in [0.15, 0.2) is 74.8 Å². The fourth-order valence-corrected chi connectivity index (χ4v) is 2.51. The van der Waals surface area contributed by atoms with E-state index >= 15 is 0 Å². The molecule has 3 aromatic rings. The number of furan rings is 2. The number of nitrogens with zero attached hydrogens (tertiary/aromatic N) is 3. The maximum Gasteiger partial charge on any atom is 0.433 e. The zero-order valence-electron chi connectivity index (χ0n) is 18.5. The Hall–Kier alpha value is -3.92. The number of rotatable bonds is 6. The molecule has 1 aliphatic rings. The van der Waals surface area contributed by atoms with Crippen molar-refractivity contribution in [3.63, 3.8) is 0 Å². The van der Waals surface area contributed by atoms with Crippen LogP contribution in [0.25, 0.3) is 0 Å². The Balaban J connectivity index is 0.000000195. The van der Waals surface area contributed by atoms with Gasteiger partial charge in [0.2, 0.25) is 0 Å². The number of hydrogen-bond acceptors (Lipinski definition) is 8. The summed E-state index contributed by atoms with van der Waals surface area (Å²) in [5.74, 6) is 0.548. The Bertz CT molecular complexity index is 1000. The van der Waals surface area contributed by atoms with Crippen LogP contribution < -0.4 is 5.32 Å². The van der Waals surface area contributed by atoms with Crippen molar-refractivity contribution in [2.75, 3.05) is 20.2 Å². The lowest BCUT2D eigenvalue weighted by atomic mass is 10.1. The molecule has 1 amide bonds. The minimum Gasteiger partial charge on any atom is -0.469 e. The molecule has 175 valence electrons. The summed E-state index contributed by atoms with van der Waals surface area (Å²) in [5, 5.41) is 18.4. The van der Waals surface area contributed by atoms with Crippen LogP contribution in [0, 0.1) is 17.0 Å². The van der Waals surface area contributed by atoms with E-state index in [-0.39, 0.29) is 18.3 Å². The smallest absolute Gasteiger partial charge is 0.433 e. The number of benzene rings is 1. The number of nitrogens with one attached hydrogen (secondary N) is 1. The van der Waals surface area contributed by atoms with Gasteiger partial charge >= 0.3 is 12.0 Å². The highest BCUT2D eigenvalue weighted by Gasteiger charge is 2.21. The van der Waals surface area contributed by atoms with E-state index < -0.39 is 11.0 Å². The van der Waals surface area contributed by atoms with Crippen molar-refractivity contribution in [1.29, 1.82) is 0 Å². The minimum atomic E-state index is -0.651. The van der Waals surface area contributed by atoms with E-state index in [0.29, 0.717) is 12.6 Å². The predicted octanol–water partition coefficient (Wildman–Crippen LogP) is 4.27. The zero-order valence-corrected chi connectivity index (χ0v) is 18.5. The van der Waals surface area contributed by atoms with E-state index in [1.807, 2.05) is 19.2 Å². The Kier molecular flexibility index (Phi) is 10.4. The molecule has 0 spiro atoms. The summed E-state index contributed by atoms with van der Waals surface area (Å²) in [6.45, 7) is 6.35. The molecule has 3 heterocycles. The van der Waals surface area contributed by atoms with Crippen LogP contribution in [-0.4, -0.2) is 48.5 Å². The average Bonchev–Trinajstić information content (AvgIpc) is 3.57. The van der Waals surface area contributed by atoms with Gasteiger partial charge in [0.15, 0.2) is 5.76 Å². The van der Waals surface area contributed by atoms with Crippen molar-refractivity contribution in [1.82, 2.24) is 10.3 Å². The molecule has 2 aromatic heterocycles. The van der Waals surface area contributed by atoms with Gasteiger partial charge < -0.3 is 18.9 Å². The van der Waals surface area contributed by atoms with Crippen LogP contribution in [0.4, 0.5) is 10.7 Å². The number of carbonyl (C=O) groups excluding carboxylic acids is 1. The quantitative estimate of drug-likeness (QED) is 0.334. The molecule has 0 bridgehead atoms. The third-order valence-corrected chi connectivity index (χ3v) is 4.31. The molecule has 0 saturated carbocycles. The average molecular weight is 455 g/mol. The van der Waals surface area contributed by atoms with Gasteiger partial charge in [0.1, 0.15) is 17.3 Å². The first-order valence-corrected chi connectivity index (χ1v) is 10.2. The standard InChI is InChI=1S/C10H15N.C8H7N3O5.C5H5O/c1-9(11-2)8-10-6-4-3-5-7-10;12-8-10(3-4-15-8)9-5-6-1-2-7(16-6)11(13)14;1-5-3-2-4-6-5/h3-7,9,11H,8H2,1-2H3;1-2,5H,3-4H2;2-4H,1H2/b;9-5+;/t9-;;/m0../s1.